The van der Waals surface area contributed by atoms with Crippen LogP contribution in [0, 0.1) is 6.92 Å². The van der Waals surface area contributed by atoms with Gasteiger partial charge < -0.3 is 15.5 Å². The van der Waals surface area contributed by atoms with Crippen molar-refractivity contribution in [2.75, 3.05) is 39.0 Å². The zero-order valence-corrected chi connectivity index (χ0v) is 16.8. The number of nitrogens with one attached hydrogen (secondary N) is 2. The van der Waals surface area contributed by atoms with E-state index in [9.17, 15) is 4.79 Å². The average Bonchev–Trinajstić information content (AvgIpc) is 3.23. The molecule has 6 nitrogen and oxygen atoms in total. The number of rotatable bonds is 8. The summed E-state index contributed by atoms with van der Waals surface area (Å²) in [6.45, 7) is 4.29. The molecule has 0 atom stereocenters. The molecule has 0 aliphatic carbocycles. The summed E-state index contributed by atoms with van der Waals surface area (Å²) in [7, 11) is 4.07. The van der Waals surface area contributed by atoms with Crippen LogP contribution in [0.15, 0.2) is 23.8 Å². The van der Waals surface area contributed by atoms with Crippen molar-refractivity contribution in [2.45, 2.75) is 13.3 Å². The van der Waals surface area contributed by atoms with Crippen molar-refractivity contribution in [3.63, 3.8) is 0 Å². The van der Waals surface area contributed by atoms with Gasteiger partial charge >= 0.3 is 0 Å². The Hall–Kier alpha value is -2.03. The Morgan fingerprint density at radius 3 is 2.85 bits per heavy atom. The molecule has 0 aromatic carbocycles. The smallest absolute Gasteiger partial charge is 0.261 e. The number of likely N-dealkylation sites (N-methyl/N-ethyl adjacent to an activating group) is 1. The molecule has 8 heteroatoms. The molecule has 0 radical (unpaired) electrons. The second-order valence-electron chi connectivity index (χ2n) is 6.27. The maximum absolute atomic E-state index is 12.6. The maximum Gasteiger partial charge on any atom is 0.261 e. The SMILES string of the molecule is Cc1c(C(=O)NCCc2cccs2)sc2ncnc(NCCN(C)C)c12. The maximum atomic E-state index is 12.6. The van der Waals surface area contributed by atoms with Gasteiger partial charge in [-0.3, -0.25) is 4.79 Å². The van der Waals surface area contributed by atoms with Crippen LogP contribution in [0.2, 0.25) is 0 Å². The van der Waals surface area contributed by atoms with E-state index >= 15 is 0 Å². The van der Waals surface area contributed by atoms with Crippen LogP contribution in [0.4, 0.5) is 5.82 Å². The molecule has 0 aliphatic heterocycles. The minimum atomic E-state index is -0.0405. The zero-order valence-electron chi connectivity index (χ0n) is 15.2. The third kappa shape index (κ3) is 4.38. The standard InChI is InChI=1S/C18H23N5OS2/c1-12-14-16(19-8-9-23(2)3)21-11-22-18(14)26-15(12)17(24)20-7-6-13-5-4-10-25-13/h4-5,10-11H,6-9H2,1-3H3,(H,20,24)(H,19,21,22). The molecule has 0 bridgehead atoms. The normalized spacial score (nSPS) is 11.2. The lowest BCUT2D eigenvalue weighted by atomic mass is 10.2. The lowest BCUT2D eigenvalue weighted by Gasteiger charge is -2.11. The molecule has 0 saturated carbocycles. The van der Waals surface area contributed by atoms with Crippen LogP contribution in [-0.2, 0) is 6.42 Å². The first-order valence-electron chi connectivity index (χ1n) is 8.49. The van der Waals surface area contributed by atoms with E-state index < -0.39 is 0 Å². The van der Waals surface area contributed by atoms with Gasteiger partial charge in [-0.15, -0.1) is 22.7 Å². The van der Waals surface area contributed by atoms with Gasteiger partial charge in [-0.1, -0.05) is 6.07 Å². The summed E-state index contributed by atoms with van der Waals surface area (Å²) >= 11 is 3.13. The molecule has 3 aromatic rings. The number of aromatic nitrogens is 2. The number of anilines is 1. The number of carbonyl (C=O) groups is 1. The number of carbonyl (C=O) groups excluding carboxylic acids is 1. The summed E-state index contributed by atoms with van der Waals surface area (Å²) in [5.74, 6) is 0.754. The van der Waals surface area contributed by atoms with Crippen molar-refractivity contribution in [1.82, 2.24) is 20.2 Å². The van der Waals surface area contributed by atoms with E-state index in [1.54, 1.807) is 17.7 Å². The van der Waals surface area contributed by atoms with Crippen molar-refractivity contribution < 1.29 is 4.79 Å². The first-order chi connectivity index (χ1) is 12.6. The molecule has 3 rings (SSSR count). The van der Waals surface area contributed by atoms with Gasteiger partial charge in [0.05, 0.1) is 10.3 Å². The van der Waals surface area contributed by atoms with Crippen molar-refractivity contribution in [2.24, 2.45) is 0 Å². The van der Waals surface area contributed by atoms with Crippen LogP contribution in [0.1, 0.15) is 20.1 Å². The lowest BCUT2D eigenvalue weighted by Crippen LogP contribution is -2.25. The van der Waals surface area contributed by atoms with Gasteiger partial charge in [0.25, 0.3) is 5.91 Å². The number of fused-ring (bicyclic) bond motifs is 1. The Morgan fingerprint density at radius 1 is 1.27 bits per heavy atom. The molecule has 26 heavy (non-hydrogen) atoms. The van der Waals surface area contributed by atoms with E-state index in [1.165, 1.54) is 16.2 Å². The van der Waals surface area contributed by atoms with Gasteiger partial charge in [0.15, 0.2) is 0 Å². The molecule has 0 aliphatic rings. The number of hydrogen-bond donors (Lipinski definition) is 2. The monoisotopic (exact) mass is 389 g/mol. The summed E-state index contributed by atoms with van der Waals surface area (Å²) in [5, 5.41) is 9.37. The minimum Gasteiger partial charge on any atom is -0.368 e. The molecular formula is C18H23N5OS2. The van der Waals surface area contributed by atoms with E-state index in [-0.39, 0.29) is 5.91 Å². The molecule has 0 fully saturated rings. The molecule has 3 heterocycles. The Morgan fingerprint density at radius 2 is 2.12 bits per heavy atom. The Balaban J connectivity index is 1.72. The highest BCUT2D eigenvalue weighted by molar-refractivity contribution is 7.20. The van der Waals surface area contributed by atoms with Crippen molar-refractivity contribution in [1.29, 1.82) is 0 Å². The van der Waals surface area contributed by atoms with E-state index in [0.29, 0.717) is 11.4 Å². The van der Waals surface area contributed by atoms with Crippen LogP contribution in [0.3, 0.4) is 0 Å². The van der Waals surface area contributed by atoms with Crippen molar-refractivity contribution >= 4 is 44.6 Å². The van der Waals surface area contributed by atoms with Gasteiger partial charge in [-0.2, -0.15) is 0 Å². The van der Waals surface area contributed by atoms with Crippen LogP contribution in [0.25, 0.3) is 10.2 Å². The fourth-order valence-electron chi connectivity index (χ4n) is 2.65. The molecule has 0 unspecified atom stereocenters. The van der Waals surface area contributed by atoms with E-state index in [1.807, 2.05) is 27.1 Å². The number of aryl methyl sites for hydroxylation is 1. The van der Waals surface area contributed by atoms with Gasteiger partial charge in [-0.05, 0) is 44.4 Å². The first-order valence-corrected chi connectivity index (χ1v) is 10.2. The molecule has 2 N–H and O–H groups in total. The predicted octanol–water partition coefficient (Wildman–Crippen LogP) is 3.01. The predicted molar refractivity (Wildman–Crippen MR) is 110 cm³/mol. The molecular weight excluding hydrogens is 366 g/mol. The largest absolute Gasteiger partial charge is 0.368 e. The quantitative estimate of drug-likeness (QED) is 0.620. The van der Waals surface area contributed by atoms with Crippen molar-refractivity contribution in [3.05, 3.63) is 39.2 Å². The summed E-state index contributed by atoms with van der Waals surface area (Å²) < 4.78 is 0. The number of thiophene rings is 2. The van der Waals surface area contributed by atoms with Gasteiger partial charge in [0.1, 0.15) is 17.0 Å². The Kier molecular flexibility index (Phi) is 6.18. The van der Waals surface area contributed by atoms with Crippen LogP contribution in [0.5, 0.6) is 0 Å². The van der Waals surface area contributed by atoms with E-state index in [4.69, 9.17) is 0 Å². The molecule has 0 saturated heterocycles. The fraction of sp³-hybridized carbons (Fsp3) is 0.389. The number of hydrogen-bond acceptors (Lipinski definition) is 7. The Labute approximate surface area is 161 Å². The van der Waals surface area contributed by atoms with Gasteiger partial charge in [0, 0.05) is 24.5 Å². The third-order valence-electron chi connectivity index (χ3n) is 4.02. The van der Waals surface area contributed by atoms with Gasteiger partial charge in [0.2, 0.25) is 0 Å². The number of nitrogens with zero attached hydrogens (tertiary/aromatic N) is 3. The van der Waals surface area contributed by atoms with Crippen LogP contribution >= 0.6 is 22.7 Å². The Bertz CT molecular complexity index is 873. The molecule has 1 amide bonds. The summed E-state index contributed by atoms with van der Waals surface area (Å²) in [6, 6.07) is 4.12. The van der Waals surface area contributed by atoms with Gasteiger partial charge in [-0.25, -0.2) is 9.97 Å². The second kappa shape index (κ2) is 8.57. The van der Waals surface area contributed by atoms with Crippen LogP contribution < -0.4 is 10.6 Å². The first kappa shape index (κ1) is 18.8. The van der Waals surface area contributed by atoms with E-state index in [2.05, 4.69) is 36.9 Å². The topological polar surface area (TPSA) is 70.1 Å². The highest BCUT2D eigenvalue weighted by atomic mass is 32.1. The number of amides is 1. The van der Waals surface area contributed by atoms with E-state index in [0.717, 1.165) is 41.1 Å². The zero-order chi connectivity index (χ0) is 18.5. The summed E-state index contributed by atoms with van der Waals surface area (Å²) in [6.07, 6.45) is 2.40. The third-order valence-corrected chi connectivity index (χ3v) is 6.16. The minimum absolute atomic E-state index is 0.0405. The average molecular weight is 390 g/mol. The fourth-order valence-corrected chi connectivity index (χ4v) is 4.43. The van der Waals surface area contributed by atoms with Crippen LogP contribution in [-0.4, -0.2) is 54.5 Å². The lowest BCUT2D eigenvalue weighted by molar-refractivity contribution is 0.0958. The highest BCUT2D eigenvalue weighted by Gasteiger charge is 2.19. The molecule has 138 valence electrons. The molecule has 3 aromatic heterocycles. The summed E-state index contributed by atoms with van der Waals surface area (Å²) in [4.78, 5) is 26.3. The highest BCUT2D eigenvalue weighted by Crippen LogP contribution is 2.33. The second-order valence-corrected chi connectivity index (χ2v) is 8.31. The molecule has 0 spiro atoms. The van der Waals surface area contributed by atoms with Crippen molar-refractivity contribution in [3.8, 4) is 0 Å². The summed E-state index contributed by atoms with van der Waals surface area (Å²) in [5.41, 5.74) is 0.937.